The molecule has 0 aliphatic heterocycles. The van der Waals surface area contributed by atoms with E-state index < -0.39 is 0 Å². The highest BCUT2D eigenvalue weighted by molar-refractivity contribution is 6.20. The van der Waals surface area contributed by atoms with Crippen molar-refractivity contribution in [2.45, 2.75) is 0 Å². The summed E-state index contributed by atoms with van der Waals surface area (Å²) in [5.74, 6) is 0.627. The second-order valence-electron chi connectivity index (χ2n) is 12.9. The van der Waals surface area contributed by atoms with Crippen LogP contribution in [-0.2, 0) is 0 Å². The number of nitrogens with zero attached hydrogens (tertiary/aromatic N) is 2. The molecule has 0 unspecified atom stereocenters. The van der Waals surface area contributed by atoms with Crippen molar-refractivity contribution in [1.82, 2.24) is 9.97 Å². The number of fused-ring (bicyclic) bond motifs is 6. The molecule has 238 valence electrons. The molecule has 8 aromatic carbocycles. The first-order valence-electron chi connectivity index (χ1n) is 17.2. The zero-order valence-electron chi connectivity index (χ0n) is 27.6. The van der Waals surface area contributed by atoms with Crippen LogP contribution in [0.25, 0.3) is 99.6 Å². The molecule has 3 heteroatoms. The molecular formula is C48H30N2O. The monoisotopic (exact) mass is 650 g/mol. The molecule has 0 bridgehead atoms. The molecule has 0 atom stereocenters. The molecule has 10 rings (SSSR count). The Bertz CT molecular complexity index is 2890. The third kappa shape index (κ3) is 4.98. The Hall–Kier alpha value is -6.84. The first-order chi connectivity index (χ1) is 25.3. The highest BCUT2D eigenvalue weighted by Gasteiger charge is 2.20. The molecule has 0 saturated heterocycles. The maximum absolute atomic E-state index is 6.85. The van der Waals surface area contributed by atoms with Crippen molar-refractivity contribution in [2.24, 2.45) is 0 Å². The van der Waals surface area contributed by atoms with Gasteiger partial charge >= 0.3 is 0 Å². The molecule has 0 radical (unpaired) electrons. The Morgan fingerprint density at radius 2 is 0.824 bits per heavy atom. The van der Waals surface area contributed by atoms with E-state index >= 15 is 0 Å². The number of furan rings is 1. The maximum atomic E-state index is 6.85. The lowest BCUT2D eigenvalue weighted by Gasteiger charge is -2.11. The van der Waals surface area contributed by atoms with Crippen molar-refractivity contribution in [3.8, 4) is 56.2 Å². The van der Waals surface area contributed by atoms with Gasteiger partial charge in [-0.05, 0) is 56.6 Å². The third-order valence-electron chi connectivity index (χ3n) is 9.91. The fraction of sp³-hybridized carbons (Fsp3) is 0. The van der Waals surface area contributed by atoms with Crippen molar-refractivity contribution in [3.63, 3.8) is 0 Å². The van der Waals surface area contributed by atoms with Gasteiger partial charge in [0.1, 0.15) is 11.2 Å². The van der Waals surface area contributed by atoms with Gasteiger partial charge in [-0.1, -0.05) is 164 Å². The quantitative estimate of drug-likeness (QED) is 0.186. The number of aromatic nitrogens is 2. The number of rotatable bonds is 5. The molecule has 0 saturated carbocycles. The second-order valence-corrected chi connectivity index (χ2v) is 12.9. The maximum Gasteiger partial charge on any atom is 0.164 e. The Balaban J connectivity index is 1.16. The van der Waals surface area contributed by atoms with Crippen molar-refractivity contribution < 1.29 is 4.42 Å². The van der Waals surface area contributed by atoms with Gasteiger partial charge in [0.15, 0.2) is 5.82 Å². The van der Waals surface area contributed by atoms with E-state index in [4.69, 9.17) is 14.4 Å². The van der Waals surface area contributed by atoms with Gasteiger partial charge in [0, 0.05) is 27.3 Å². The van der Waals surface area contributed by atoms with Crippen LogP contribution in [-0.4, -0.2) is 9.97 Å². The minimum absolute atomic E-state index is 0.627. The topological polar surface area (TPSA) is 38.9 Å². The number of hydrogen-bond acceptors (Lipinski definition) is 3. The van der Waals surface area contributed by atoms with Gasteiger partial charge in [0.2, 0.25) is 0 Å². The average Bonchev–Trinajstić information content (AvgIpc) is 3.60. The van der Waals surface area contributed by atoms with E-state index in [1.807, 2.05) is 18.2 Å². The molecule has 0 amide bonds. The minimum atomic E-state index is 0.627. The van der Waals surface area contributed by atoms with Crippen LogP contribution in [0.5, 0.6) is 0 Å². The summed E-state index contributed by atoms with van der Waals surface area (Å²) in [6, 6.07) is 63.7. The van der Waals surface area contributed by atoms with Crippen LogP contribution in [0.1, 0.15) is 0 Å². The zero-order valence-corrected chi connectivity index (χ0v) is 27.6. The fourth-order valence-electron chi connectivity index (χ4n) is 7.42. The van der Waals surface area contributed by atoms with Crippen LogP contribution in [0.15, 0.2) is 186 Å². The van der Waals surface area contributed by atoms with Crippen LogP contribution in [0, 0.1) is 0 Å². The predicted molar refractivity (Wildman–Crippen MR) is 212 cm³/mol. The lowest BCUT2D eigenvalue weighted by molar-refractivity contribution is 0.673. The van der Waals surface area contributed by atoms with E-state index in [0.717, 1.165) is 60.8 Å². The molecule has 2 aromatic heterocycles. The standard InChI is InChI=1S/C48H30N2O/c1-3-13-32(14-4-1)42-29-43-40-23-12-24-41(46(40)51-47(43)39-21-10-9-20-38(39)42)48-49-44(34-16-5-2-6-17-34)30-45(50-48)35-27-25-33(26-28-35)37-22-11-18-31-15-7-8-19-36(31)37/h1-30H. The second kappa shape index (κ2) is 11.9. The van der Waals surface area contributed by atoms with E-state index in [1.54, 1.807) is 0 Å². The van der Waals surface area contributed by atoms with E-state index in [2.05, 4.69) is 164 Å². The Morgan fingerprint density at radius 1 is 0.314 bits per heavy atom. The molecule has 2 heterocycles. The lowest BCUT2D eigenvalue weighted by atomic mass is 9.95. The van der Waals surface area contributed by atoms with Gasteiger partial charge in [0.05, 0.1) is 17.0 Å². The van der Waals surface area contributed by atoms with Gasteiger partial charge in [-0.2, -0.15) is 0 Å². The van der Waals surface area contributed by atoms with Crippen LogP contribution in [0.2, 0.25) is 0 Å². The highest BCUT2D eigenvalue weighted by Crippen LogP contribution is 2.42. The summed E-state index contributed by atoms with van der Waals surface area (Å²) in [4.78, 5) is 10.4. The molecule has 0 aliphatic rings. The van der Waals surface area contributed by atoms with Gasteiger partial charge in [-0.25, -0.2) is 9.97 Å². The number of para-hydroxylation sites is 1. The van der Waals surface area contributed by atoms with Crippen LogP contribution < -0.4 is 0 Å². The van der Waals surface area contributed by atoms with Gasteiger partial charge in [0.25, 0.3) is 0 Å². The summed E-state index contributed by atoms with van der Waals surface area (Å²) >= 11 is 0. The summed E-state index contributed by atoms with van der Waals surface area (Å²) in [6.45, 7) is 0. The molecule has 0 aliphatic carbocycles. The van der Waals surface area contributed by atoms with Crippen molar-refractivity contribution >= 4 is 43.5 Å². The first-order valence-corrected chi connectivity index (χ1v) is 17.2. The Labute approximate surface area is 295 Å². The minimum Gasteiger partial charge on any atom is -0.455 e. The van der Waals surface area contributed by atoms with Gasteiger partial charge < -0.3 is 4.42 Å². The van der Waals surface area contributed by atoms with Crippen molar-refractivity contribution in [1.29, 1.82) is 0 Å². The summed E-state index contributed by atoms with van der Waals surface area (Å²) < 4.78 is 6.85. The smallest absolute Gasteiger partial charge is 0.164 e. The highest BCUT2D eigenvalue weighted by atomic mass is 16.3. The number of benzene rings is 8. The van der Waals surface area contributed by atoms with Crippen LogP contribution in [0.3, 0.4) is 0 Å². The molecule has 51 heavy (non-hydrogen) atoms. The first kappa shape index (κ1) is 29.1. The molecule has 3 nitrogen and oxygen atoms in total. The van der Waals surface area contributed by atoms with Crippen molar-refractivity contribution in [3.05, 3.63) is 182 Å². The van der Waals surface area contributed by atoms with E-state index in [-0.39, 0.29) is 0 Å². The largest absolute Gasteiger partial charge is 0.455 e. The summed E-state index contributed by atoms with van der Waals surface area (Å²) in [5, 5.41) is 6.84. The summed E-state index contributed by atoms with van der Waals surface area (Å²) in [5.41, 5.74) is 11.0. The Morgan fingerprint density at radius 3 is 1.59 bits per heavy atom. The van der Waals surface area contributed by atoms with Gasteiger partial charge in [-0.15, -0.1) is 0 Å². The molecule has 0 N–H and O–H groups in total. The SMILES string of the molecule is c1ccc(-c2cc(-c3ccc(-c4cccc5ccccc45)cc3)nc(-c3cccc4c3oc3c5ccccc5c(-c5ccccc5)cc43)n2)cc1. The molecular weight excluding hydrogens is 621 g/mol. The third-order valence-corrected chi connectivity index (χ3v) is 9.91. The summed E-state index contributed by atoms with van der Waals surface area (Å²) in [7, 11) is 0. The zero-order chi connectivity index (χ0) is 33.7. The molecule has 0 spiro atoms. The van der Waals surface area contributed by atoms with Crippen LogP contribution >= 0.6 is 0 Å². The van der Waals surface area contributed by atoms with Crippen molar-refractivity contribution in [2.75, 3.05) is 0 Å². The van der Waals surface area contributed by atoms with Crippen LogP contribution in [0.4, 0.5) is 0 Å². The Kier molecular flexibility index (Phi) is 6.81. The molecule has 10 aromatic rings. The van der Waals surface area contributed by atoms with E-state index in [0.29, 0.717) is 5.82 Å². The van der Waals surface area contributed by atoms with E-state index in [9.17, 15) is 0 Å². The van der Waals surface area contributed by atoms with Gasteiger partial charge in [-0.3, -0.25) is 0 Å². The normalized spacial score (nSPS) is 11.5. The molecule has 0 fully saturated rings. The average molecular weight is 651 g/mol. The fourth-order valence-corrected chi connectivity index (χ4v) is 7.42. The number of hydrogen-bond donors (Lipinski definition) is 0. The van der Waals surface area contributed by atoms with E-state index in [1.165, 1.54) is 33.0 Å². The lowest BCUT2D eigenvalue weighted by Crippen LogP contribution is -1.96. The summed E-state index contributed by atoms with van der Waals surface area (Å²) in [6.07, 6.45) is 0. The predicted octanol–water partition coefficient (Wildman–Crippen LogP) is 13.0.